The largest absolute Gasteiger partial charge is 0.491 e. The number of thiazole rings is 1. The van der Waals surface area contributed by atoms with Gasteiger partial charge in [-0.1, -0.05) is 65.4 Å². The average Bonchev–Trinajstić information content (AvgIpc) is 3.26. The second kappa shape index (κ2) is 13.3. The van der Waals surface area contributed by atoms with E-state index in [2.05, 4.69) is 46.6 Å². The summed E-state index contributed by atoms with van der Waals surface area (Å²) in [7, 11) is 0. The minimum atomic E-state index is -0.745. The van der Waals surface area contributed by atoms with Crippen molar-refractivity contribution < 1.29 is 19.0 Å². The number of hydrogen-bond acceptors (Lipinski definition) is 7. The maximum Gasteiger partial charge on any atom is 0.338 e. The average molecular weight is 709 g/mol. The lowest BCUT2D eigenvalue weighted by Crippen LogP contribution is -2.40. The SMILES string of the molecule is CCOC(=O)C1=C(C)N=c2s/c(=C/c3ccc(OCc4cccc(C)c4)c(I)c3)c(=O)n2[C@H]1c1ccccc1OC(C)C. The number of carbonyl (C=O) groups excluding carboxylic acids is 1. The summed E-state index contributed by atoms with van der Waals surface area (Å²) in [5, 5.41) is 0. The molecular weight excluding hydrogens is 675 g/mol. The topological polar surface area (TPSA) is 79.1 Å². The van der Waals surface area contributed by atoms with E-state index in [1.165, 1.54) is 16.9 Å². The molecule has 7 nitrogen and oxygen atoms in total. The predicted octanol–water partition coefficient (Wildman–Crippen LogP) is 6.08. The van der Waals surface area contributed by atoms with Gasteiger partial charge in [0.15, 0.2) is 4.80 Å². The molecule has 2 heterocycles. The van der Waals surface area contributed by atoms with E-state index in [0.717, 1.165) is 20.4 Å². The van der Waals surface area contributed by atoms with Crippen molar-refractivity contribution in [3.8, 4) is 11.5 Å². The first kappa shape index (κ1) is 30.7. The molecule has 0 amide bonds. The molecule has 0 aliphatic carbocycles. The zero-order chi connectivity index (χ0) is 30.7. The van der Waals surface area contributed by atoms with Crippen LogP contribution in [0.2, 0.25) is 0 Å². The van der Waals surface area contributed by atoms with Crippen LogP contribution in [0.3, 0.4) is 0 Å². The van der Waals surface area contributed by atoms with Crippen molar-refractivity contribution in [3.63, 3.8) is 0 Å². The first-order valence-electron chi connectivity index (χ1n) is 14.1. The van der Waals surface area contributed by atoms with Gasteiger partial charge >= 0.3 is 5.97 Å². The van der Waals surface area contributed by atoms with Crippen molar-refractivity contribution in [2.24, 2.45) is 4.99 Å². The molecular formula is C34H33IN2O5S. The van der Waals surface area contributed by atoms with E-state index in [9.17, 15) is 9.59 Å². The molecule has 1 aliphatic rings. The number of para-hydroxylation sites is 1. The highest BCUT2D eigenvalue weighted by Gasteiger charge is 2.35. The summed E-state index contributed by atoms with van der Waals surface area (Å²) in [6, 6.07) is 20.8. The number of hydrogen-bond donors (Lipinski definition) is 0. The molecule has 222 valence electrons. The van der Waals surface area contributed by atoms with Crippen molar-refractivity contribution in [1.29, 1.82) is 0 Å². The fourth-order valence-corrected chi connectivity index (χ4v) is 6.73. The Labute approximate surface area is 268 Å². The van der Waals surface area contributed by atoms with Gasteiger partial charge in [-0.15, -0.1) is 0 Å². The van der Waals surface area contributed by atoms with Crippen molar-refractivity contribution in [2.45, 2.75) is 53.4 Å². The lowest BCUT2D eigenvalue weighted by molar-refractivity contribution is -0.139. The minimum Gasteiger partial charge on any atom is -0.491 e. The molecule has 0 N–H and O–H groups in total. The number of aromatic nitrogens is 1. The van der Waals surface area contributed by atoms with Gasteiger partial charge in [0.25, 0.3) is 5.56 Å². The van der Waals surface area contributed by atoms with Crippen LogP contribution >= 0.6 is 33.9 Å². The number of benzene rings is 3. The highest BCUT2D eigenvalue weighted by Crippen LogP contribution is 2.36. The van der Waals surface area contributed by atoms with Crippen LogP contribution in [0.1, 0.15) is 56.0 Å². The second-order valence-electron chi connectivity index (χ2n) is 10.5. The van der Waals surface area contributed by atoms with Crippen LogP contribution in [0.25, 0.3) is 6.08 Å². The Balaban J connectivity index is 1.56. The summed E-state index contributed by atoms with van der Waals surface area (Å²) in [5.74, 6) is 0.875. The molecule has 1 aliphatic heterocycles. The zero-order valence-electron chi connectivity index (χ0n) is 24.7. The summed E-state index contributed by atoms with van der Waals surface area (Å²) >= 11 is 3.54. The van der Waals surface area contributed by atoms with Crippen molar-refractivity contribution in [3.05, 3.63) is 124 Å². The Morgan fingerprint density at radius 2 is 1.86 bits per heavy atom. The maximum absolute atomic E-state index is 14.0. The van der Waals surface area contributed by atoms with Gasteiger partial charge in [0, 0.05) is 5.56 Å². The maximum atomic E-state index is 14.0. The number of aryl methyl sites for hydroxylation is 1. The molecule has 1 atom stereocenters. The zero-order valence-corrected chi connectivity index (χ0v) is 27.7. The van der Waals surface area contributed by atoms with Crippen LogP contribution in [0.5, 0.6) is 11.5 Å². The van der Waals surface area contributed by atoms with E-state index < -0.39 is 12.0 Å². The van der Waals surface area contributed by atoms with Gasteiger partial charge in [-0.2, -0.15) is 0 Å². The molecule has 0 radical (unpaired) electrons. The molecule has 0 saturated carbocycles. The Kier molecular flexibility index (Phi) is 9.51. The molecule has 0 spiro atoms. The van der Waals surface area contributed by atoms with Crippen molar-refractivity contribution in [1.82, 2.24) is 4.57 Å². The van der Waals surface area contributed by atoms with Crippen LogP contribution in [-0.4, -0.2) is 23.2 Å². The molecule has 0 fully saturated rings. The number of rotatable bonds is 9. The number of fused-ring (bicyclic) bond motifs is 1. The molecule has 3 aromatic carbocycles. The molecule has 4 aromatic rings. The highest BCUT2D eigenvalue weighted by molar-refractivity contribution is 14.1. The number of carbonyl (C=O) groups is 1. The first-order chi connectivity index (χ1) is 20.7. The summed E-state index contributed by atoms with van der Waals surface area (Å²) in [6.07, 6.45) is 1.76. The van der Waals surface area contributed by atoms with Gasteiger partial charge in [-0.25, -0.2) is 9.79 Å². The standard InChI is InChI=1S/C34H33IN2O5S/c1-6-40-33(39)30-22(5)36-34-37(31(30)25-12-7-8-13-27(25)42-20(2)3)32(38)29(43-34)18-23-14-15-28(26(35)17-23)41-19-24-11-9-10-21(4)16-24/h7-18,20,31H,6,19H2,1-5H3/b29-18+/t31-/m0/s1. The van der Waals surface area contributed by atoms with Gasteiger partial charge in [0.2, 0.25) is 0 Å². The number of allylic oxidation sites excluding steroid dienone is 1. The summed E-state index contributed by atoms with van der Waals surface area (Å²) in [6.45, 7) is 10.2. The van der Waals surface area contributed by atoms with E-state index >= 15 is 0 Å². The number of halogens is 1. The van der Waals surface area contributed by atoms with E-state index in [-0.39, 0.29) is 18.3 Å². The van der Waals surface area contributed by atoms with Crippen molar-refractivity contribution in [2.75, 3.05) is 6.61 Å². The number of ether oxygens (including phenoxy) is 3. The number of nitrogens with zero attached hydrogens (tertiary/aromatic N) is 2. The van der Waals surface area contributed by atoms with Crippen LogP contribution in [-0.2, 0) is 16.1 Å². The Bertz CT molecular complexity index is 1890. The van der Waals surface area contributed by atoms with E-state index in [1.807, 2.05) is 74.5 Å². The first-order valence-corrected chi connectivity index (χ1v) is 16.0. The summed E-state index contributed by atoms with van der Waals surface area (Å²) < 4.78 is 20.7. The predicted molar refractivity (Wildman–Crippen MR) is 177 cm³/mol. The van der Waals surface area contributed by atoms with Crippen LogP contribution in [0.15, 0.2) is 87.8 Å². The quantitative estimate of drug-likeness (QED) is 0.156. The van der Waals surface area contributed by atoms with Gasteiger partial charge in [0.05, 0.1) is 32.1 Å². The van der Waals surface area contributed by atoms with Gasteiger partial charge in [0.1, 0.15) is 24.1 Å². The lowest BCUT2D eigenvalue weighted by Gasteiger charge is -2.26. The van der Waals surface area contributed by atoms with Gasteiger partial charge < -0.3 is 14.2 Å². The van der Waals surface area contributed by atoms with Gasteiger partial charge in [-0.05, 0) is 92.6 Å². The van der Waals surface area contributed by atoms with Crippen LogP contribution in [0, 0.1) is 10.5 Å². The Hall–Kier alpha value is -3.70. The molecule has 1 aromatic heterocycles. The Morgan fingerprint density at radius 1 is 1.07 bits per heavy atom. The highest BCUT2D eigenvalue weighted by atomic mass is 127. The normalized spacial score (nSPS) is 14.9. The number of esters is 1. The third kappa shape index (κ3) is 6.78. The van der Waals surface area contributed by atoms with E-state index in [4.69, 9.17) is 14.2 Å². The van der Waals surface area contributed by atoms with Crippen LogP contribution < -0.4 is 24.4 Å². The fraction of sp³-hybridized carbons (Fsp3) is 0.265. The lowest BCUT2D eigenvalue weighted by atomic mass is 9.95. The van der Waals surface area contributed by atoms with Crippen molar-refractivity contribution >= 4 is 46.0 Å². The summed E-state index contributed by atoms with van der Waals surface area (Å²) in [4.78, 5) is 32.5. The van der Waals surface area contributed by atoms with E-state index in [1.54, 1.807) is 18.4 Å². The molecule has 9 heteroatoms. The molecule has 0 bridgehead atoms. The second-order valence-corrected chi connectivity index (χ2v) is 12.6. The third-order valence-corrected chi connectivity index (χ3v) is 8.65. The summed E-state index contributed by atoms with van der Waals surface area (Å²) in [5.41, 5.74) is 4.45. The van der Waals surface area contributed by atoms with Gasteiger partial charge in [-0.3, -0.25) is 9.36 Å². The molecule has 5 rings (SSSR count). The fourth-order valence-electron chi connectivity index (χ4n) is 4.99. The molecule has 43 heavy (non-hydrogen) atoms. The smallest absolute Gasteiger partial charge is 0.338 e. The Morgan fingerprint density at radius 3 is 2.58 bits per heavy atom. The molecule has 0 unspecified atom stereocenters. The van der Waals surface area contributed by atoms with Crippen LogP contribution in [0.4, 0.5) is 0 Å². The molecule has 0 saturated heterocycles. The third-order valence-electron chi connectivity index (χ3n) is 6.82. The van der Waals surface area contributed by atoms with E-state index in [0.29, 0.717) is 38.5 Å². The minimum absolute atomic E-state index is 0.0978. The monoisotopic (exact) mass is 708 g/mol.